The second-order valence-electron chi connectivity index (χ2n) is 7.17. The van der Waals surface area contributed by atoms with Crippen molar-refractivity contribution in [2.75, 3.05) is 13.1 Å². The molecule has 0 spiro atoms. The zero-order valence-corrected chi connectivity index (χ0v) is 13.8. The number of piperidine rings is 1. The molecule has 2 aliphatic rings. The molecule has 25 heavy (non-hydrogen) atoms. The maximum Gasteiger partial charge on any atom is 0.352 e. The SMILES string of the molecule is O=C(N1CCC(c2c[nH]c3ncccc23)CC1)C(F)(F)C1(O)CCC1. The van der Waals surface area contributed by atoms with E-state index in [2.05, 4.69) is 9.97 Å². The molecule has 0 radical (unpaired) electrons. The summed E-state index contributed by atoms with van der Waals surface area (Å²) in [6, 6.07) is 3.87. The van der Waals surface area contributed by atoms with Gasteiger partial charge >= 0.3 is 5.92 Å². The summed E-state index contributed by atoms with van der Waals surface area (Å²) in [5.74, 6) is -4.71. The third kappa shape index (κ3) is 2.52. The van der Waals surface area contributed by atoms with Crippen molar-refractivity contribution in [1.29, 1.82) is 0 Å². The van der Waals surface area contributed by atoms with Gasteiger partial charge < -0.3 is 15.0 Å². The van der Waals surface area contributed by atoms with Gasteiger partial charge in [0.25, 0.3) is 5.91 Å². The molecular formula is C18H21F2N3O2. The number of H-pyrrole nitrogens is 1. The fourth-order valence-corrected chi connectivity index (χ4v) is 3.93. The van der Waals surface area contributed by atoms with E-state index in [4.69, 9.17) is 0 Å². The highest BCUT2D eigenvalue weighted by molar-refractivity contribution is 5.85. The van der Waals surface area contributed by atoms with Crippen molar-refractivity contribution in [3.05, 3.63) is 30.1 Å². The summed E-state index contributed by atoms with van der Waals surface area (Å²) < 4.78 is 28.7. The van der Waals surface area contributed by atoms with Gasteiger partial charge in [-0.1, -0.05) is 0 Å². The number of aromatic amines is 1. The van der Waals surface area contributed by atoms with Gasteiger partial charge in [0.05, 0.1) is 0 Å². The summed E-state index contributed by atoms with van der Waals surface area (Å²) in [6.07, 6.45) is 5.41. The van der Waals surface area contributed by atoms with Crippen LogP contribution in [0, 0.1) is 0 Å². The van der Waals surface area contributed by atoms with Crippen LogP contribution in [-0.2, 0) is 4.79 Å². The predicted octanol–water partition coefficient (Wildman–Crippen LogP) is 2.82. The Kier molecular flexibility index (Phi) is 3.79. The first-order valence-corrected chi connectivity index (χ1v) is 8.74. The molecule has 1 amide bonds. The summed E-state index contributed by atoms with van der Waals surface area (Å²) in [6.45, 7) is 0.560. The summed E-state index contributed by atoms with van der Waals surface area (Å²) in [5.41, 5.74) is -0.210. The molecule has 1 aliphatic heterocycles. The summed E-state index contributed by atoms with van der Waals surface area (Å²) in [7, 11) is 0. The molecule has 0 aromatic carbocycles. The number of halogens is 2. The average molecular weight is 349 g/mol. The van der Waals surface area contributed by atoms with Crippen molar-refractivity contribution in [3.63, 3.8) is 0 Å². The van der Waals surface area contributed by atoms with Crippen LogP contribution in [0.5, 0.6) is 0 Å². The second-order valence-corrected chi connectivity index (χ2v) is 7.17. The van der Waals surface area contributed by atoms with Crippen LogP contribution in [-0.4, -0.2) is 50.5 Å². The number of likely N-dealkylation sites (tertiary alicyclic amines) is 1. The van der Waals surface area contributed by atoms with E-state index in [1.807, 2.05) is 18.3 Å². The van der Waals surface area contributed by atoms with Gasteiger partial charge in [-0.2, -0.15) is 8.78 Å². The fourth-order valence-electron chi connectivity index (χ4n) is 3.93. The molecule has 2 aromatic rings. The fraction of sp³-hybridized carbons (Fsp3) is 0.556. The first-order chi connectivity index (χ1) is 11.9. The quantitative estimate of drug-likeness (QED) is 0.895. The third-order valence-corrected chi connectivity index (χ3v) is 5.74. The molecule has 7 heteroatoms. The number of rotatable bonds is 3. The van der Waals surface area contributed by atoms with E-state index in [0.717, 1.165) is 16.6 Å². The Labute approximate surface area is 144 Å². The van der Waals surface area contributed by atoms with Crippen LogP contribution in [0.2, 0.25) is 0 Å². The number of fused-ring (bicyclic) bond motifs is 1. The van der Waals surface area contributed by atoms with Gasteiger partial charge in [0.1, 0.15) is 11.2 Å². The highest BCUT2D eigenvalue weighted by Gasteiger charge is 2.62. The van der Waals surface area contributed by atoms with Crippen molar-refractivity contribution in [2.45, 2.75) is 49.5 Å². The standard InChI is InChI=1S/C18H21F2N3O2/c19-18(20,17(25)6-2-7-17)16(24)23-9-4-12(5-10-23)14-11-22-15-13(14)3-1-8-21-15/h1,3,8,11-12,25H,2,4-7,9-10H2,(H,21,22). The molecule has 2 N–H and O–H groups in total. The van der Waals surface area contributed by atoms with E-state index in [-0.39, 0.29) is 31.8 Å². The number of pyridine rings is 1. The Bertz CT molecular complexity index is 792. The molecule has 3 heterocycles. The maximum atomic E-state index is 14.4. The third-order valence-electron chi connectivity index (χ3n) is 5.74. The van der Waals surface area contributed by atoms with E-state index >= 15 is 0 Å². The van der Waals surface area contributed by atoms with E-state index < -0.39 is 17.4 Å². The average Bonchev–Trinajstić information content (AvgIpc) is 3.03. The Hall–Kier alpha value is -2.02. The zero-order chi connectivity index (χ0) is 17.7. The molecule has 2 fully saturated rings. The van der Waals surface area contributed by atoms with Gasteiger partial charge in [-0.3, -0.25) is 4.79 Å². The Morgan fingerprint density at radius 3 is 2.72 bits per heavy atom. The normalized spacial score (nSPS) is 21.3. The minimum atomic E-state index is -3.69. The number of carbonyl (C=O) groups excluding carboxylic acids is 1. The number of aliphatic hydroxyl groups is 1. The molecule has 4 rings (SSSR count). The van der Waals surface area contributed by atoms with Crippen LogP contribution in [0.1, 0.15) is 43.6 Å². The number of hydrogen-bond acceptors (Lipinski definition) is 3. The van der Waals surface area contributed by atoms with E-state index in [1.54, 1.807) is 6.20 Å². The Balaban J connectivity index is 1.45. The van der Waals surface area contributed by atoms with Gasteiger partial charge in [0.2, 0.25) is 0 Å². The highest BCUT2D eigenvalue weighted by Crippen LogP contribution is 2.45. The number of nitrogens with one attached hydrogen (secondary N) is 1. The summed E-state index contributed by atoms with van der Waals surface area (Å²) in [4.78, 5) is 20.9. The molecule has 0 bridgehead atoms. The van der Waals surface area contributed by atoms with Crippen LogP contribution in [0.4, 0.5) is 8.78 Å². The minimum Gasteiger partial charge on any atom is -0.383 e. The molecule has 5 nitrogen and oxygen atoms in total. The van der Waals surface area contributed by atoms with Crippen LogP contribution < -0.4 is 0 Å². The predicted molar refractivity (Wildman–Crippen MR) is 88.4 cm³/mol. The van der Waals surface area contributed by atoms with Gasteiger partial charge in [-0.25, -0.2) is 4.98 Å². The lowest BCUT2D eigenvalue weighted by Gasteiger charge is -2.44. The van der Waals surface area contributed by atoms with Crippen LogP contribution in [0.15, 0.2) is 24.5 Å². The number of amides is 1. The van der Waals surface area contributed by atoms with Crippen molar-refractivity contribution in [3.8, 4) is 0 Å². The van der Waals surface area contributed by atoms with Crippen molar-refractivity contribution in [1.82, 2.24) is 14.9 Å². The van der Waals surface area contributed by atoms with Crippen LogP contribution in [0.25, 0.3) is 11.0 Å². The van der Waals surface area contributed by atoms with Gasteiger partial charge in [0, 0.05) is 30.9 Å². The van der Waals surface area contributed by atoms with E-state index in [9.17, 15) is 18.7 Å². The number of alkyl halides is 2. The molecular weight excluding hydrogens is 328 g/mol. The molecule has 0 atom stereocenters. The Morgan fingerprint density at radius 2 is 2.08 bits per heavy atom. The van der Waals surface area contributed by atoms with E-state index in [1.165, 1.54) is 4.90 Å². The molecule has 1 saturated heterocycles. The highest BCUT2D eigenvalue weighted by atomic mass is 19.3. The summed E-state index contributed by atoms with van der Waals surface area (Å²) in [5, 5.41) is 11.0. The van der Waals surface area contributed by atoms with Gasteiger partial charge in [0.15, 0.2) is 0 Å². The monoisotopic (exact) mass is 349 g/mol. The lowest BCUT2D eigenvalue weighted by molar-refractivity contribution is -0.224. The lowest BCUT2D eigenvalue weighted by Crippen LogP contribution is -2.62. The topological polar surface area (TPSA) is 69.2 Å². The summed E-state index contributed by atoms with van der Waals surface area (Å²) >= 11 is 0. The van der Waals surface area contributed by atoms with Crippen molar-refractivity contribution in [2.24, 2.45) is 0 Å². The molecule has 2 aromatic heterocycles. The van der Waals surface area contributed by atoms with Gasteiger partial charge in [-0.15, -0.1) is 0 Å². The second kappa shape index (κ2) is 5.76. The zero-order valence-electron chi connectivity index (χ0n) is 13.8. The van der Waals surface area contributed by atoms with Crippen molar-refractivity contribution < 1.29 is 18.7 Å². The lowest BCUT2D eigenvalue weighted by atomic mass is 9.74. The first-order valence-electron chi connectivity index (χ1n) is 8.74. The Morgan fingerprint density at radius 1 is 1.36 bits per heavy atom. The van der Waals surface area contributed by atoms with Crippen LogP contribution in [0.3, 0.4) is 0 Å². The molecule has 1 saturated carbocycles. The number of carbonyl (C=O) groups is 1. The van der Waals surface area contributed by atoms with Gasteiger partial charge in [-0.05, 0) is 55.7 Å². The number of hydrogen-bond donors (Lipinski definition) is 2. The number of aromatic nitrogens is 2. The molecule has 134 valence electrons. The largest absolute Gasteiger partial charge is 0.383 e. The minimum absolute atomic E-state index is 0.00938. The van der Waals surface area contributed by atoms with Crippen molar-refractivity contribution >= 4 is 16.9 Å². The van der Waals surface area contributed by atoms with E-state index in [0.29, 0.717) is 19.3 Å². The van der Waals surface area contributed by atoms with Crippen LogP contribution >= 0.6 is 0 Å². The first kappa shape index (κ1) is 16.4. The molecule has 0 unspecified atom stereocenters. The molecule has 1 aliphatic carbocycles. The smallest absolute Gasteiger partial charge is 0.352 e. The number of nitrogens with zero attached hydrogens (tertiary/aromatic N) is 2. The maximum absolute atomic E-state index is 14.4.